The maximum Gasteiger partial charge on any atom is 0.244 e. The lowest BCUT2D eigenvalue weighted by molar-refractivity contribution is 0.251. The molecule has 3 rings (SSSR count). The smallest absolute Gasteiger partial charge is 0.244 e. The molecule has 1 aromatic carbocycles. The quantitative estimate of drug-likeness (QED) is 0.855. The summed E-state index contributed by atoms with van der Waals surface area (Å²) in [5.74, 6) is -0.567. The number of sulfonamides is 1. The van der Waals surface area contributed by atoms with Crippen LogP contribution in [0.5, 0.6) is 0 Å². The monoisotopic (exact) mass is 344 g/mol. The summed E-state index contributed by atoms with van der Waals surface area (Å²) in [6, 6.07) is 3.24. The molecule has 0 aliphatic carbocycles. The molecule has 1 aromatic heterocycles. The third-order valence-corrected chi connectivity index (χ3v) is 6.03. The first-order valence-electron chi connectivity index (χ1n) is 6.79. The molecule has 0 saturated carbocycles. The minimum absolute atomic E-state index is 0.0646. The minimum atomic E-state index is -3.76. The number of hydrogen-bond donors (Lipinski definition) is 0. The van der Waals surface area contributed by atoms with E-state index in [9.17, 15) is 12.8 Å². The molecule has 9 heteroatoms. The summed E-state index contributed by atoms with van der Waals surface area (Å²) in [4.78, 5) is -0.0743. The van der Waals surface area contributed by atoms with E-state index in [2.05, 4.69) is 10.3 Å². The van der Waals surface area contributed by atoms with E-state index in [4.69, 9.17) is 11.6 Å². The highest BCUT2D eigenvalue weighted by atomic mass is 35.5. The molecule has 2 heterocycles. The molecule has 6 nitrogen and oxygen atoms in total. The summed E-state index contributed by atoms with van der Waals surface area (Å²) in [6.45, 7) is 0.695. The maximum atomic E-state index is 13.1. The zero-order chi connectivity index (χ0) is 15.7. The SMILES string of the molecule is O=S(=O)(c1ccc(F)cc1Cl)N1CCCC(n2ccnn2)C1. The number of aromatic nitrogens is 3. The van der Waals surface area contributed by atoms with Crippen molar-refractivity contribution in [3.05, 3.63) is 41.4 Å². The van der Waals surface area contributed by atoms with Crippen LogP contribution in [0, 0.1) is 5.82 Å². The molecular weight excluding hydrogens is 331 g/mol. The molecule has 1 fully saturated rings. The van der Waals surface area contributed by atoms with E-state index < -0.39 is 15.8 Å². The van der Waals surface area contributed by atoms with Gasteiger partial charge in [0.25, 0.3) is 0 Å². The van der Waals surface area contributed by atoms with Gasteiger partial charge in [0.15, 0.2) is 0 Å². The van der Waals surface area contributed by atoms with E-state index in [0.717, 1.165) is 18.6 Å². The fraction of sp³-hybridized carbons (Fsp3) is 0.385. The first-order chi connectivity index (χ1) is 10.5. The molecule has 0 spiro atoms. The van der Waals surface area contributed by atoms with Crippen LogP contribution in [0.15, 0.2) is 35.5 Å². The largest absolute Gasteiger partial charge is 0.248 e. The normalized spacial score (nSPS) is 20.2. The topological polar surface area (TPSA) is 68.1 Å². The molecule has 22 heavy (non-hydrogen) atoms. The Morgan fingerprint density at radius 3 is 2.86 bits per heavy atom. The number of nitrogens with zero attached hydrogens (tertiary/aromatic N) is 4. The van der Waals surface area contributed by atoms with Gasteiger partial charge in [-0.2, -0.15) is 4.31 Å². The van der Waals surface area contributed by atoms with Crippen molar-refractivity contribution in [3.63, 3.8) is 0 Å². The van der Waals surface area contributed by atoms with Crippen LogP contribution in [-0.4, -0.2) is 40.8 Å². The second kappa shape index (κ2) is 5.94. The standard InChI is InChI=1S/C13H14ClFN4O2S/c14-12-8-10(15)3-4-13(12)22(20,21)18-6-1-2-11(9-18)19-7-5-16-17-19/h3-5,7-8,11H,1-2,6,9H2. The Labute approximate surface area is 132 Å². The predicted octanol–water partition coefficient (Wildman–Crippen LogP) is 2.10. The van der Waals surface area contributed by atoms with Crippen LogP contribution >= 0.6 is 11.6 Å². The van der Waals surface area contributed by atoms with Crippen LogP contribution in [-0.2, 0) is 10.0 Å². The lowest BCUT2D eigenvalue weighted by atomic mass is 10.1. The van der Waals surface area contributed by atoms with Gasteiger partial charge in [-0.15, -0.1) is 5.10 Å². The third-order valence-electron chi connectivity index (χ3n) is 3.69. The zero-order valence-electron chi connectivity index (χ0n) is 11.6. The Balaban J connectivity index is 1.88. The van der Waals surface area contributed by atoms with Crippen molar-refractivity contribution in [3.8, 4) is 0 Å². The summed E-state index contributed by atoms with van der Waals surface area (Å²) in [7, 11) is -3.76. The molecule has 0 radical (unpaired) electrons. The molecule has 1 atom stereocenters. The van der Waals surface area contributed by atoms with Crippen molar-refractivity contribution in [2.45, 2.75) is 23.8 Å². The van der Waals surface area contributed by atoms with Crippen molar-refractivity contribution < 1.29 is 12.8 Å². The Bertz CT molecular complexity index is 766. The van der Waals surface area contributed by atoms with E-state index >= 15 is 0 Å². The molecule has 1 aliphatic heterocycles. The van der Waals surface area contributed by atoms with Crippen molar-refractivity contribution in [1.29, 1.82) is 0 Å². The first-order valence-corrected chi connectivity index (χ1v) is 8.61. The van der Waals surface area contributed by atoms with Crippen LogP contribution in [0.4, 0.5) is 4.39 Å². The van der Waals surface area contributed by atoms with Gasteiger partial charge in [-0.1, -0.05) is 16.8 Å². The van der Waals surface area contributed by atoms with E-state index in [1.807, 2.05) is 0 Å². The van der Waals surface area contributed by atoms with Crippen LogP contribution in [0.1, 0.15) is 18.9 Å². The average molecular weight is 345 g/mol. The summed E-state index contributed by atoms with van der Waals surface area (Å²) in [6.07, 6.45) is 4.81. The summed E-state index contributed by atoms with van der Waals surface area (Å²) < 4.78 is 41.6. The maximum absolute atomic E-state index is 13.1. The van der Waals surface area contributed by atoms with E-state index in [1.54, 1.807) is 17.1 Å². The van der Waals surface area contributed by atoms with Gasteiger partial charge >= 0.3 is 0 Å². The molecule has 1 aliphatic rings. The Hall–Kier alpha value is -1.51. The first kappa shape index (κ1) is 15.4. The van der Waals surface area contributed by atoms with Gasteiger partial charge in [0.1, 0.15) is 10.7 Å². The van der Waals surface area contributed by atoms with E-state index in [0.29, 0.717) is 19.5 Å². The van der Waals surface area contributed by atoms with Gasteiger partial charge in [0, 0.05) is 19.3 Å². The molecule has 1 saturated heterocycles. The zero-order valence-corrected chi connectivity index (χ0v) is 13.1. The number of halogens is 2. The van der Waals surface area contributed by atoms with Gasteiger partial charge in [-0.25, -0.2) is 17.5 Å². The van der Waals surface area contributed by atoms with E-state index in [1.165, 1.54) is 10.4 Å². The fourth-order valence-corrected chi connectivity index (χ4v) is 4.61. The molecule has 0 amide bonds. The van der Waals surface area contributed by atoms with Crippen LogP contribution in [0.2, 0.25) is 5.02 Å². The molecule has 0 N–H and O–H groups in total. The van der Waals surface area contributed by atoms with Crippen molar-refractivity contribution >= 4 is 21.6 Å². The number of rotatable bonds is 3. The molecule has 1 unspecified atom stereocenters. The number of benzene rings is 1. The van der Waals surface area contributed by atoms with Gasteiger partial charge in [-0.3, -0.25) is 0 Å². The molecule has 118 valence electrons. The second-order valence-electron chi connectivity index (χ2n) is 5.12. The van der Waals surface area contributed by atoms with Gasteiger partial charge in [0.2, 0.25) is 10.0 Å². The van der Waals surface area contributed by atoms with Crippen molar-refractivity contribution in [1.82, 2.24) is 19.3 Å². The Kier molecular flexibility index (Phi) is 4.16. The van der Waals surface area contributed by atoms with Crippen LogP contribution in [0.3, 0.4) is 0 Å². The highest BCUT2D eigenvalue weighted by molar-refractivity contribution is 7.89. The number of piperidine rings is 1. The Morgan fingerprint density at radius 2 is 2.18 bits per heavy atom. The highest BCUT2D eigenvalue weighted by Crippen LogP contribution is 2.29. The Morgan fingerprint density at radius 1 is 1.36 bits per heavy atom. The predicted molar refractivity (Wildman–Crippen MR) is 78.5 cm³/mol. The molecular formula is C13H14ClFN4O2S. The summed E-state index contributed by atoms with van der Waals surface area (Å²) >= 11 is 5.90. The van der Waals surface area contributed by atoms with Crippen molar-refractivity contribution in [2.75, 3.05) is 13.1 Å². The van der Waals surface area contributed by atoms with Gasteiger partial charge in [-0.05, 0) is 31.0 Å². The summed E-state index contributed by atoms with van der Waals surface area (Å²) in [5.41, 5.74) is 0. The molecule has 2 aromatic rings. The minimum Gasteiger partial charge on any atom is -0.248 e. The lowest BCUT2D eigenvalue weighted by Gasteiger charge is -2.31. The third kappa shape index (κ3) is 2.86. The fourth-order valence-electron chi connectivity index (χ4n) is 2.59. The van der Waals surface area contributed by atoms with E-state index in [-0.39, 0.29) is 16.0 Å². The summed E-state index contributed by atoms with van der Waals surface area (Å²) in [5, 5.41) is 7.57. The second-order valence-corrected chi connectivity index (χ2v) is 7.43. The lowest BCUT2D eigenvalue weighted by Crippen LogP contribution is -2.40. The van der Waals surface area contributed by atoms with Crippen LogP contribution < -0.4 is 0 Å². The van der Waals surface area contributed by atoms with Gasteiger partial charge < -0.3 is 0 Å². The van der Waals surface area contributed by atoms with Gasteiger partial charge in [0.05, 0.1) is 17.3 Å². The van der Waals surface area contributed by atoms with Crippen molar-refractivity contribution in [2.24, 2.45) is 0 Å². The van der Waals surface area contributed by atoms with Crippen LogP contribution in [0.25, 0.3) is 0 Å². The average Bonchev–Trinajstić information content (AvgIpc) is 3.01. The highest BCUT2D eigenvalue weighted by Gasteiger charge is 2.32. The molecule has 0 bridgehead atoms. The number of hydrogen-bond acceptors (Lipinski definition) is 4.